The summed E-state index contributed by atoms with van der Waals surface area (Å²) in [6.07, 6.45) is 1.78. The first-order valence-electron chi connectivity index (χ1n) is 9.19. The van der Waals surface area contributed by atoms with Crippen LogP contribution in [0.5, 0.6) is 17.2 Å². The molecule has 10 nitrogen and oxygen atoms in total. The lowest BCUT2D eigenvalue weighted by Crippen LogP contribution is -2.16. The number of anilines is 1. The van der Waals surface area contributed by atoms with Gasteiger partial charge in [0, 0.05) is 24.9 Å². The van der Waals surface area contributed by atoms with Crippen LogP contribution in [0.3, 0.4) is 0 Å². The number of nitrogens with zero attached hydrogens (tertiary/aromatic N) is 3. The maximum absolute atomic E-state index is 13.4. The lowest BCUT2D eigenvalue weighted by atomic mass is 10.1. The number of aromatic nitrogens is 3. The average Bonchev–Trinajstić information content (AvgIpc) is 3.37. The molecule has 0 aliphatic carbocycles. The Labute approximate surface area is 192 Å². The molecule has 0 aliphatic rings. The molecular formula is C20H19BrN4O6S. The van der Waals surface area contributed by atoms with E-state index in [1.807, 2.05) is 0 Å². The van der Waals surface area contributed by atoms with E-state index in [1.165, 1.54) is 21.3 Å². The Bertz CT molecular complexity index is 1390. The number of fused-ring (bicyclic) bond motifs is 1. The summed E-state index contributed by atoms with van der Waals surface area (Å²) in [7, 11) is 1.86. The fourth-order valence-corrected chi connectivity index (χ4v) is 5.01. The number of rotatable bonds is 7. The van der Waals surface area contributed by atoms with Crippen LogP contribution in [0.1, 0.15) is 0 Å². The minimum absolute atomic E-state index is 0.00343. The molecule has 0 amide bonds. The smallest absolute Gasteiger partial charge is 0.270 e. The van der Waals surface area contributed by atoms with Crippen LogP contribution in [0.2, 0.25) is 0 Å². The van der Waals surface area contributed by atoms with Crippen LogP contribution in [-0.2, 0) is 17.1 Å². The van der Waals surface area contributed by atoms with Crippen LogP contribution in [-0.4, -0.2) is 44.7 Å². The van der Waals surface area contributed by atoms with Crippen molar-refractivity contribution < 1.29 is 27.2 Å². The first kappa shape index (κ1) is 22.0. The van der Waals surface area contributed by atoms with Gasteiger partial charge in [-0.3, -0.25) is 9.40 Å². The maximum Gasteiger partial charge on any atom is 0.270 e. The van der Waals surface area contributed by atoms with Crippen LogP contribution in [0.4, 0.5) is 5.82 Å². The number of aryl methyl sites for hydroxylation is 1. The summed E-state index contributed by atoms with van der Waals surface area (Å²) in [4.78, 5) is -0.178. The molecule has 2 aromatic carbocycles. The van der Waals surface area contributed by atoms with E-state index in [1.54, 1.807) is 48.3 Å². The number of hydrogen-bond acceptors (Lipinski definition) is 8. The van der Waals surface area contributed by atoms with Gasteiger partial charge in [-0.05, 0) is 40.2 Å². The zero-order valence-electron chi connectivity index (χ0n) is 17.5. The molecule has 4 rings (SSSR count). The Morgan fingerprint density at radius 3 is 2.25 bits per heavy atom. The number of ether oxygens (including phenoxy) is 3. The van der Waals surface area contributed by atoms with E-state index in [-0.39, 0.29) is 22.2 Å². The monoisotopic (exact) mass is 522 g/mol. The predicted octanol–water partition coefficient (Wildman–Crippen LogP) is 3.82. The molecule has 0 saturated carbocycles. The highest BCUT2D eigenvalue weighted by molar-refractivity contribution is 9.10. The Morgan fingerprint density at radius 2 is 1.69 bits per heavy atom. The SMILES string of the molecule is COc1cc2c(NS(=O)(=O)c3c(OC)cc(-c4ccn(C)n4)cc3OC)noc2cc1Br. The molecule has 0 unspecified atom stereocenters. The van der Waals surface area contributed by atoms with Gasteiger partial charge in [-0.2, -0.15) is 5.10 Å². The molecule has 12 heteroatoms. The number of methoxy groups -OCH3 is 3. The number of hydrogen-bond donors (Lipinski definition) is 1. The van der Waals surface area contributed by atoms with Crippen LogP contribution >= 0.6 is 15.9 Å². The third-order valence-electron chi connectivity index (χ3n) is 4.71. The van der Waals surface area contributed by atoms with E-state index < -0.39 is 10.0 Å². The average molecular weight is 523 g/mol. The summed E-state index contributed by atoms with van der Waals surface area (Å²) in [6.45, 7) is 0. The first-order valence-corrected chi connectivity index (χ1v) is 11.5. The zero-order valence-corrected chi connectivity index (χ0v) is 19.9. The van der Waals surface area contributed by atoms with E-state index in [4.69, 9.17) is 18.7 Å². The van der Waals surface area contributed by atoms with Crippen molar-refractivity contribution in [3.63, 3.8) is 0 Å². The molecular weight excluding hydrogens is 504 g/mol. The van der Waals surface area contributed by atoms with E-state index in [0.29, 0.717) is 32.4 Å². The van der Waals surface area contributed by atoms with Crippen LogP contribution in [0, 0.1) is 0 Å². The quantitative estimate of drug-likeness (QED) is 0.389. The first-order chi connectivity index (χ1) is 15.3. The number of benzene rings is 2. The van der Waals surface area contributed by atoms with Crippen LogP contribution < -0.4 is 18.9 Å². The fraction of sp³-hybridized carbons (Fsp3) is 0.200. The predicted molar refractivity (Wildman–Crippen MR) is 121 cm³/mol. The second-order valence-corrected chi connectivity index (χ2v) is 9.18. The lowest BCUT2D eigenvalue weighted by Gasteiger charge is -2.15. The molecule has 0 radical (unpaired) electrons. The van der Waals surface area contributed by atoms with Gasteiger partial charge in [-0.1, -0.05) is 5.16 Å². The summed E-state index contributed by atoms with van der Waals surface area (Å²) in [6, 6.07) is 8.22. The molecule has 0 spiro atoms. The topological polar surface area (TPSA) is 118 Å². The van der Waals surface area contributed by atoms with Crippen molar-refractivity contribution in [1.29, 1.82) is 0 Å². The second-order valence-electron chi connectivity index (χ2n) is 6.70. The summed E-state index contributed by atoms with van der Waals surface area (Å²) in [5, 5.41) is 8.64. The summed E-state index contributed by atoms with van der Waals surface area (Å²) in [5.41, 5.74) is 1.65. The maximum atomic E-state index is 13.4. The molecule has 168 valence electrons. The van der Waals surface area contributed by atoms with Gasteiger partial charge in [0.2, 0.25) is 0 Å². The highest BCUT2D eigenvalue weighted by Crippen LogP contribution is 2.40. The van der Waals surface area contributed by atoms with E-state index >= 15 is 0 Å². The zero-order chi connectivity index (χ0) is 23.0. The molecule has 0 fully saturated rings. The van der Waals surface area contributed by atoms with Crippen molar-refractivity contribution >= 4 is 42.7 Å². The van der Waals surface area contributed by atoms with Crippen molar-refractivity contribution in [1.82, 2.24) is 14.9 Å². The summed E-state index contributed by atoms with van der Waals surface area (Å²) < 4.78 is 52.8. The Morgan fingerprint density at radius 1 is 1.03 bits per heavy atom. The van der Waals surface area contributed by atoms with Gasteiger partial charge in [0.1, 0.15) is 17.2 Å². The molecule has 0 aliphatic heterocycles. The molecule has 2 aromatic heterocycles. The van der Waals surface area contributed by atoms with Gasteiger partial charge in [0.15, 0.2) is 16.3 Å². The molecule has 0 atom stereocenters. The third kappa shape index (κ3) is 3.86. The molecule has 2 heterocycles. The molecule has 0 saturated heterocycles. The standard InChI is InChI=1S/C20H19BrN4O6S/c1-25-6-5-14(22-25)11-7-17(29-3)19(18(8-11)30-4)32(26,27)24-20-12-9-16(28-2)13(21)10-15(12)31-23-20/h5-10H,1-4H3,(H,23,24). The van der Waals surface area contributed by atoms with Crippen molar-refractivity contribution in [2.75, 3.05) is 26.1 Å². The van der Waals surface area contributed by atoms with Crippen LogP contribution in [0.25, 0.3) is 22.2 Å². The van der Waals surface area contributed by atoms with Crippen molar-refractivity contribution in [2.24, 2.45) is 7.05 Å². The van der Waals surface area contributed by atoms with E-state index in [9.17, 15) is 8.42 Å². The van der Waals surface area contributed by atoms with Crippen molar-refractivity contribution in [3.05, 3.63) is 41.0 Å². The normalized spacial score (nSPS) is 11.5. The van der Waals surface area contributed by atoms with Gasteiger partial charge in [-0.15, -0.1) is 0 Å². The highest BCUT2D eigenvalue weighted by Gasteiger charge is 2.28. The fourth-order valence-electron chi connectivity index (χ4n) is 3.21. The molecule has 4 aromatic rings. The lowest BCUT2D eigenvalue weighted by molar-refractivity contribution is 0.374. The number of sulfonamides is 1. The van der Waals surface area contributed by atoms with Crippen molar-refractivity contribution in [3.8, 4) is 28.5 Å². The largest absolute Gasteiger partial charge is 0.496 e. The summed E-state index contributed by atoms with van der Waals surface area (Å²) >= 11 is 3.36. The Hall–Kier alpha value is -3.25. The Balaban J connectivity index is 1.81. The number of nitrogens with one attached hydrogen (secondary N) is 1. The van der Waals surface area contributed by atoms with Gasteiger partial charge >= 0.3 is 0 Å². The van der Waals surface area contributed by atoms with Crippen molar-refractivity contribution in [2.45, 2.75) is 4.90 Å². The van der Waals surface area contributed by atoms with Gasteiger partial charge in [0.05, 0.1) is 36.9 Å². The molecule has 1 N–H and O–H groups in total. The molecule has 0 bridgehead atoms. The van der Waals surface area contributed by atoms with Crippen LogP contribution in [0.15, 0.2) is 50.4 Å². The third-order valence-corrected chi connectivity index (χ3v) is 6.74. The van der Waals surface area contributed by atoms with Gasteiger partial charge in [0.25, 0.3) is 10.0 Å². The summed E-state index contributed by atoms with van der Waals surface area (Å²) in [5.74, 6) is 0.677. The van der Waals surface area contributed by atoms with Gasteiger partial charge < -0.3 is 18.7 Å². The van der Waals surface area contributed by atoms with Gasteiger partial charge in [-0.25, -0.2) is 8.42 Å². The minimum atomic E-state index is -4.18. The highest BCUT2D eigenvalue weighted by atomic mass is 79.9. The van der Waals surface area contributed by atoms with E-state index in [2.05, 4.69) is 30.9 Å². The minimum Gasteiger partial charge on any atom is -0.496 e. The number of halogens is 1. The Kier molecular flexibility index (Phi) is 5.73. The second kappa shape index (κ2) is 8.36. The van der Waals surface area contributed by atoms with E-state index in [0.717, 1.165) is 0 Å². The molecule has 32 heavy (non-hydrogen) atoms.